The molecule has 19 heavy (non-hydrogen) atoms. The number of nitrogens with one attached hydrogen (secondary N) is 1. The fourth-order valence-electron chi connectivity index (χ4n) is 2.28. The van der Waals surface area contributed by atoms with Crippen molar-refractivity contribution in [1.82, 2.24) is 9.55 Å². The van der Waals surface area contributed by atoms with E-state index in [2.05, 4.69) is 23.7 Å². The summed E-state index contributed by atoms with van der Waals surface area (Å²) in [7, 11) is 0. The van der Waals surface area contributed by atoms with Crippen molar-refractivity contribution in [2.24, 2.45) is 0 Å². The van der Waals surface area contributed by atoms with Gasteiger partial charge in [0.05, 0.1) is 11.0 Å². The van der Waals surface area contributed by atoms with E-state index < -0.39 is 0 Å². The highest BCUT2D eigenvalue weighted by Crippen LogP contribution is 2.22. The normalized spacial score (nSPS) is 10.7. The second-order valence-corrected chi connectivity index (χ2v) is 4.43. The zero-order valence-electron chi connectivity index (χ0n) is 10.5. The number of hydrogen-bond acceptors (Lipinski definition) is 1. The van der Waals surface area contributed by atoms with Crippen LogP contribution in [0.5, 0.6) is 0 Å². The molecule has 0 saturated carbocycles. The van der Waals surface area contributed by atoms with E-state index in [0.717, 1.165) is 22.2 Å². The van der Waals surface area contributed by atoms with Gasteiger partial charge >= 0.3 is 5.69 Å². The molecule has 2 aromatic carbocycles. The van der Waals surface area contributed by atoms with Crippen LogP contribution in [0.2, 0.25) is 0 Å². The monoisotopic (exact) mass is 250 g/mol. The first-order valence-electron chi connectivity index (χ1n) is 6.18. The summed E-state index contributed by atoms with van der Waals surface area (Å²) >= 11 is 0. The minimum absolute atomic E-state index is 0.0971. The first-order valence-corrected chi connectivity index (χ1v) is 6.18. The van der Waals surface area contributed by atoms with Gasteiger partial charge in [0.15, 0.2) is 0 Å². The topological polar surface area (TPSA) is 37.8 Å². The Labute approximate surface area is 110 Å². The quantitative estimate of drug-likeness (QED) is 0.712. The summed E-state index contributed by atoms with van der Waals surface area (Å²) in [5, 5.41) is 0. The lowest BCUT2D eigenvalue weighted by Gasteiger charge is -2.02. The van der Waals surface area contributed by atoms with Crippen molar-refractivity contribution < 1.29 is 0 Å². The number of aromatic nitrogens is 2. The molecule has 3 nitrogen and oxygen atoms in total. The largest absolute Gasteiger partial charge is 0.326 e. The van der Waals surface area contributed by atoms with E-state index in [4.69, 9.17) is 0 Å². The van der Waals surface area contributed by atoms with Gasteiger partial charge in [-0.25, -0.2) is 4.79 Å². The van der Waals surface area contributed by atoms with Gasteiger partial charge in [-0.3, -0.25) is 4.57 Å². The Morgan fingerprint density at radius 3 is 2.63 bits per heavy atom. The Morgan fingerprint density at radius 2 is 1.89 bits per heavy atom. The van der Waals surface area contributed by atoms with Gasteiger partial charge in [0, 0.05) is 6.54 Å². The number of benzene rings is 2. The number of H-pyrrole nitrogens is 1. The van der Waals surface area contributed by atoms with Crippen molar-refractivity contribution in [3.8, 4) is 11.1 Å². The van der Waals surface area contributed by atoms with Crippen LogP contribution < -0.4 is 5.69 Å². The number of hydrogen-bond donors (Lipinski definition) is 1. The van der Waals surface area contributed by atoms with E-state index in [0.29, 0.717) is 6.54 Å². The molecule has 0 bridgehead atoms. The van der Waals surface area contributed by atoms with Crippen LogP contribution in [0.4, 0.5) is 0 Å². The van der Waals surface area contributed by atoms with Gasteiger partial charge in [0.2, 0.25) is 0 Å². The molecule has 3 aromatic rings. The average Bonchev–Trinajstić information content (AvgIpc) is 2.76. The Balaban J connectivity index is 2.18. The predicted octanol–water partition coefficient (Wildman–Crippen LogP) is 3.18. The van der Waals surface area contributed by atoms with Crippen molar-refractivity contribution in [2.75, 3.05) is 0 Å². The Morgan fingerprint density at radius 1 is 1.11 bits per heavy atom. The molecule has 0 radical (unpaired) electrons. The van der Waals surface area contributed by atoms with Gasteiger partial charge in [-0.2, -0.15) is 0 Å². The molecule has 94 valence electrons. The predicted molar refractivity (Wildman–Crippen MR) is 78.2 cm³/mol. The number of rotatable bonds is 3. The van der Waals surface area contributed by atoms with Crippen molar-refractivity contribution in [2.45, 2.75) is 6.54 Å². The smallest absolute Gasteiger partial charge is 0.306 e. The van der Waals surface area contributed by atoms with Gasteiger partial charge in [-0.1, -0.05) is 42.5 Å². The SMILES string of the molecule is C=CCn1c(=O)[nH]c2cc(-c3ccccc3)ccc21. The number of imidazole rings is 1. The molecule has 0 atom stereocenters. The van der Waals surface area contributed by atoms with Gasteiger partial charge < -0.3 is 4.98 Å². The molecular weight excluding hydrogens is 236 g/mol. The lowest BCUT2D eigenvalue weighted by molar-refractivity contribution is 0.809. The minimum Gasteiger partial charge on any atom is -0.306 e. The summed E-state index contributed by atoms with van der Waals surface area (Å²) in [6.07, 6.45) is 1.72. The standard InChI is InChI=1S/C16H14N2O/c1-2-10-18-15-9-8-13(11-14(15)17-16(18)19)12-6-4-3-5-7-12/h2-9,11H,1,10H2,(H,17,19). The number of allylic oxidation sites excluding steroid dienone is 1. The average molecular weight is 250 g/mol. The maximum Gasteiger partial charge on any atom is 0.326 e. The fraction of sp³-hybridized carbons (Fsp3) is 0.0625. The molecule has 1 aromatic heterocycles. The minimum atomic E-state index is -0.0971. The first kappa shape index (κ1) is 11.5. The van der Waals surface area contributed by atoms with E-state index in [1.54, 1.807) is 10.6 Å². The molecule has 0 unspecified atom stereocenters. The molecule has 0 saturated heterocycles. The molecule has 3 heteroatoms. The third kappa shape index (κ3) is 1.99. The van der Waals surface area contributed by atoms with E-state index in [1.807, 2.05) is 36.4 Å². The second-order valence-electron chi connectivity index (χ2n) is 4.43. The molecule has 1 heterocycles. The van der Waals surface area contributed by atoms with E-state index in [9.17, 15) is 4.79 Å². The van der Waals surface area contributed by atoms with E-state index >= 15 is 0 Å². The molecule has 0 amide bonds. The molecule has 1 N–H and O–H groups in total. The summed E-state index contributed by atoms with van der Waals surface area (Å²) in [6, 6.07) is 16.1. The zero-order chi connectivity index (χ0) is 13.2. The zero-order valence-corrected chi connectivity index (χ0v) is 10.5. The highest BCUT2D eigenvalue weighted by molar-refractivity contribution is 5.82. The summed E-state index contributed by atoms with van der Waals surface area (Å²) < 4.78 is 1.68. The van der Waals surface area contributed by atoms with Crippen LogP contribution in [0.1, 0.15) is 0 Å². The van der Waals surface area contributed by atoms with Gasteiger partial charge in [0.1, 0.15) is 0 Å². The van der Waals surface area contributed by atoms with E-state index in [1.165, 1.54) is 0 Å². The number of fused-ring (bicyclic) bond motifs is 1. The van der Waals surface area contributed by atoms with Gasteiger partial charge in [0.25, 0.3) is 0 Å². The summed E-state index contributed by atoms with van der Waals surface area (Å²) in [5.74, 6) is 0. The molecule has 3 rings (SSSR count). The third-order valence-electron chi connectivity index (χ3n) is 3.19. The van der Waals surface area contributed by atoms with Gasteiger partial charge in [-0.15, -0.1) is 6.58 Å². The van der Waals surface area contributed by atoms with Crippen molar-refractivity contribution >= 4 is 11.0 Å². The van der Waals surface area contributed by atoms with Crippen LogP contribution in [0.15, 0.2) is 66.0 Å². The molecule has 0 spiro atoms. The van der Waals surface area contributed by atoms with Crippen LogP contribution in [-0.4, -0.2) is 9.55 Å². The maximum absolute atomic E-state index is 11.8. The van der Waals surface area contributed by atoms with Crippen molar-refractivity contribution in [3.05, 3.63) is 71.7 Å². The van der Waals surface area contributed by atoms with Crippen LogP contribution in [0, 0.1) is 0 Å². The van der Waals surface area contributed by atoms with Crippen molar-refractivity contribution in [1.29, 1.82) is 0 Å². The van der Waals surface area contributed by atoms with Gasteiger partial charge in [-0.05, 0) is 23.3 Å². The Kier molecular flexibility index (Phi) is 2.80. The Bertz CT molecular complexity index is 781. The molecule has 0 aliphatic carbocycles. The number of nitrogens with zero attached hydrogens (tertiary/aromatic N) is 1. The fourth-order valence-corrected chi connectivity index (χ4v) is 2.28. The number of aromatic amines is 1. The Hall–Kier alpha value is -2.55. The molecule has 0 aliphatic heterocycles. The highest BCUT2D eigenvalue weighted by Gasteiger charge is 2.06. The molecule has 0 fully saturated rings. The van der Waals surface area contributed by atoms with Crippen LogP contribution >= 0.6 is 0 Å². The first-order chi connectivity index (χ1) is 9.29. The van der Waals surface area contributed by atoms with Crippen LogP contribution in [0.25, 0.3) is 22.2 Å². The lowest BCUT2D eigenvalue weighted by atomic mass is 10.1. The summed E-state index contributed by atoms with van der Waals surface area (Å²) in [5.41, 5.74) is 3.90. The second kappa shape index (κ2) is 4.61. The maximum atomic E-state index is 11.8. The molecule has 0 aliphatic rings. The van der Waals surface area contributed by atoms with Crippen LogP contribution in [0.3, 0.4) is 0 Å². The van der Waals surface area contributed by atoms with Crippen molar-refractivity contribution in [3.63, 3.8) is 0 Å². The van der Waals surface area contributed by atoms with E-state index in [-0.39, 0.29) is 5.69 Å². The van der Waals surface area contributed by atoms with Crippen LogP contribution in [-0.2, 0) is 6.54 Å². The third-order valence-corrected chi connectivity index (χ3v) is 3.19. The summed E-state index contributed by atoms with van der Waals surface area (Å²) in [4.78, 5) is 14.7. The summed E-state index contributed by atoms with van der Waals surface area (Å²) in [6.45, 7) is 4.19. The lowest BCUT2D eigenvalue weighted by Crippen LogP contribution is -2.15. The highest BCUT2D eigenvalue weighted by atomic mass is 16.1. The molecular formula is C16H14N2O.